The fraction of sp³-hybridized carbons (Fsp3) is 0.226. The summed E-state index contributed by atoms with van der Waals surface area (Å²) in [7, 11) is -0.347. The molecule has 5 rings (SSSR count). The molecule has 2 aromatic heterocycles. The van der Waals surface area contributed by atoms with Crippen LogP contribution in [0.25, 0.3) is 19.8 Å². The van der Waals surface area contributed by atoms with Gasteiger partial charge in [0.1, 0.15) is 0 Å². The van der Waals surface area contributed by atoms with Crippen LogP contribution in [0.5, 0.6) is 0 Å². The maximum absolute atomic E-state index is 7.08. The Bertz CT molecular complexity index is 1330. The first-order valence-electron chi connectivity index (χ1n) is 12.4. The summed E-state index contributed by atoms with van der Waals surface area (Å²) in [6, 6.07) is 35.2. The van der Waals surface area contributed by atoms with E-state index in [-0.39, 0.29) is 5.04 Å². The van der Waals surface area contributed by atoms with Crippen molar-refractivity contribution in [3.05, 3.63) is 102 Å². The highest BCUT2D eigenvalue weighted by atomic mass is 32.1. The fourth-order valence-electron chi connectivity index (χ4n) is 5.01. The van der Waals surface area contributed by atoms with Crippen LogP contribution in [0.1, 0.15) is 20.8 Å². The standard InChI is InChI=1S/C31H33NOS2Si/c1-31(2,3)36(26-11-7-5-8-12-26,27-13-9-6-10-14-27)33-21-20-32(4)25-17-15-24(16-18-25)29-23-30-28(35-29)19-22-34-30/h5-19,22-23H,20-21H2,1-4H3. The van der Waals surface area contributed by atoms with E-state index in [9.17, 15) is 0 Å². The molecule has 0 aliphatic carbocycles. The molecule has 0 N–H and O–H groups in total. The lowest BCUT2D eigenvalue weighted by molar-refractivity contribution is 0.306. The van der Waals surface area contributed by atoms with E-state index >= 15 is 0 Å². The first-order chi connectivity index (χ1) is 17.4. The van der Waals surface area contributed by atoms with E-state index in [1.165, 1.54) is 35.9 Å². The molecule has 0 aliphatic heterocycles. The van der Waals surface area contributed by atoms with Crippen molar-refractivity contribution in [2.45, 2.75) is 25.8 Å². The molecule has 36 heavy (non-hydrogen) atoms. The molecule has 2 nitrogen and oxygen atoms in total. The summed E-state index contributed by atoms with van der Waals surface area (Å²) in [4.78, 5) is 3.63. The minimum Gasteiger partial charge on any atom is -0.406 e. The topological polar surface area (TPSA) is 12.5 Å². The lowest BCUT2D eigenvalue weighted by Crippen LogP contribution is -2.67. The van der Waals surface area contributed by atoms with E-state index in [1.807, 2.05) is 22.7 Å². The summed E-state index contributed by atoms with van der Waals surface area (Å²) in [5.41, 5.74) is 2.49. The molecule has 0 atom stereocenters. The van der Waals surface area contributed by atoms with Gasteiger partial charge < -0.3 is 9.33 Å². The Balaban J connectivity index is 1.34. The van der Waals surface area contributed by atoms with Crippen LogP contribution in [0.15, 0.2) is 102 Å². The monoisotopic (exact) mass is 527 g/mol. The van der Waals surface area contributed by atoms with Gasteiger partial charge in [-0.25, -0.2) is 0 Å². The van der Waals surface area contributed by atoms with Crippen LogP contribution in [0.2, 0.25) is 5.04 Å². The summed E-state index contributed by atoms with van der Waals surface area (Å²) >= 11 is 3.68. The van der Waals surface area contributed by atoms with Crippen molar-refractivity contribution in [3.63, 3.8) is 0 Å². The Morgan fingerprint density at radius 3 is 1.94 bits per heavy atom. The number of nitrogens with zero attached hydrogens (tertiary/aromatic N) is 1. The maximum atomic E-state index is 7.08. The van der Waals surface area contributed by atoms with Gasteiger partial charge in [-0.05, 0) is 50.6 Å². The summed E-state index contributed by atoms with van der Waals surface area (Å²) in [6.07, 6.45) is 0. The van der Waals surface area contributed by atoms with E-state index in [0.29, 0.717) is 6.61 Å². The number of benzene rings is 3. The molecule has 0 saturated carbocycles. The van der Waals surface area contributed by atoms with E-state index in [0.717, 1.165) is 6.54 Å². The average molecular weight is 528 g/mol. The van der Waals surface area contributed by atoms with Crippen LogP contribution in [-0.2, 0) is 4.43 Å². The lowest BCUT2D eigenvalue weighted by Gasteiger charge is -2.43. The zero-order valence-corrected chi connectivity index (χ0v) is 24.0. The van der Waals surface area contributed by atoms with Crippen molar-refractivity contribution in [1.29, 1.82) is 0 Å². The van der Waals surface area contributed by atoms with Gasteiger partial charge in [-0.1, -0.05) is 93.6 Å². The lowest BCUT2D eigenvalue weighted by atomic mass is 10.1. The van der Waals surface area contributed by atoms with E-state index in [2.05, 4.69) is 135 Å². The zero-order valence-electron chi connectivity index (χ0n) is 21.4. The average Bonchev–Trinajstić information content (AvgIpc) is 3.50. The van der Waals surface area contributed by atoms with Gasteiger partial charge in [-0.2, -0.15) is 0 Å². The molecule has 184 valence electrons. The molecule has 0 radical (unpaired) electrons. The molecule has 5 heteroatoms. The number of likely N-dealkylation sites (N-methyl/N-ethyl adjacent to an activating group) is 1. The van der Waals surface area contributed by atoms with Gasteiger partial charge in [-0.15, -0.1) is 22.7 Å². The highest BCUT2D eigenvalue weighted by molar-refractivity contribution is 7.28. The molecule has 5 aromatic rings. The van der Waals surface area contributed by atoms with Crippen molar-refractivity contribution < 1.29 is 4.43 Å². The van der Waals surface area contributed by atoms with Gasteiger partial charge in [0.15, 0.2) is 0 Å². The zero-order chi connectivity index (χ0) is 25.2. The Morgan fingerprint density at radius 1 is 0.778 bits per heavy atom. The molecule has 0 saturated heterocycles. The number of anilines is 1. The van der Waals surface area contributed by atoms with E-state index in [4.69, 9.17) is 4.43 Å². The SMILES string of the molecule is CN(CCO[Si](c1ccccc1)(c1ccccc1)C(C)(C)C)c1ccc(-c2cc3sccc3s2)cc1. The number of hydrogen-bond donors (Lipinski definition) is 0. The van der Waals surface area contributed by atoms with Crippen molar-refractivity contribution in [2.24, 2.45) is 0 Å². The van der Waals surface area contributed by atoms with Crippen LogP contribution in [0.4, 0.5) is 5.69 Å². The highest BCUT2D eigenvalue weighted by Gasteiger charge is 2.50. The van der Waals surface area contributed by atoms with Crippen molar-refractivity contribution in [3.8, 4) is 10.4 Å². The van der Waals surface area contributed by atoms with Gasteiger partial charge >= 0.3 is 0 Å². The highest BCUT2D eigenvalue weighted by Crippen LogP contribution is 2.38. The normalized spacial score (nSPS) is 12.2. The third-order valence-corrected chi connectivity index (χ3v) is 14.1. The second kappa shape index (κ2) is 10.3. The Labute approximate surface area is 223 Å². The van der Waals surface area contributed by atoms with Gasteiger partial charge in [0.05, 0.1) is 6.61 Å². The van der Waals surface area contributed by atoms with Crippen molar-refractivity contribution in [2.75, 3.05) is 25.1 Å². The second-order valence-corrected chi connectivity index (χ2v) is 16.6. The first-order valence-corrected chi connectivity index (χ1v) is 16.0. The number of hydrogen-bond acceptors (Lipinski definition) is 4. The van der Waals surface area contributed by atoms with Crippen molar-refractivity contribution >= 4 is 56.5 Å². The van der Waals surface area contributed by atoms with Gasteiger partial charge in [0.2, 0.25) is 0 Å². The minimum absolute atomic E-state index is 0.00953. The largest absolute Gasteiger partial charge is 0.406 e. The predicted octanol–water partition coefficient (Wildman–Crippen LogP) is 7.64. The molecule has 0 bridgehead atoms. The molecule has 3 aromatic carbocycles. The molecule has 2 heterocycles. The Hall–Kier alpha value is -2.70. The smallest absolute Gasteiger partial charge is 0.261 e. The number of fused-ring (bicyclic) bond motifs is 1. The summed E-state index contributed by atoms with van der Waals surface area (Å²) in [5, 5.41) is 4.81. The maximum Gasteiger partial charge on any atom is 0.261 e. The number of rotatable bonds is 8. The number of thiophene rings is 2. The van der Waals surface area contributed by atoms with Crippen LogP contribution >= 0.6 is 22.7 Å². The van der Waals surface area contributed by atoms with Gasteiger partial charge in [0, 0.05) is 33.6 Å². The van der Waals surface area contributed by atoms with Gasteiger partial charge in [-0.3, -0.25) is 0 Å². The van der Waals surface area contributed by atoms with E-state index in [1.54, 1.807) is 0 Å². The predicted molar refractivity (Wildman–Crippen MR) is 162 cm³/mol. The summed E-state index contributed by atoms with van der Waals surface area (Å²) in [6.45, 7) is 8.49. The summed E-state index contributed by atoms with van der Waals surface area (Å²) < 4.78 is 9.82. The molecule has 0 fully saturated rings. The molecular formula is C31H33NOS2Si. The van der Waals surface area contributed by atoms with Crippen molar-refractivity contribution in [1.82, 2.24) is 0 Å². The molecular weight excluding hydrogens is 495 g/mol. The third-order valence-electron chi connectivity index (χ3n) is 6.89. The Morgan fingerprint density at radius 2 is 1.39 bits per heavy atom. The summed E-state index contributed by atoms with van der Waals surface area (Å²) in [5.74, 6) is 0. The fourth-order valence-corrected chi connectivity index (χ4v) is 11.7. The quantitative estimate of drug-likeness (QED) is 0.192. The molecule has 0 amide bonds. The second-order valence-electron chi connectivity index (χ2n) is 10.2. The molecule has 0 aliphatic rings. The Kier molecular flexibility index (Phi) is 7.18. The van der Waals surface area contributed by atoms with Crippen LogP contribution in [-0.4, -0.2) is 28.5 Å². The van der Waals surface area contributed by atoms with Crippen LogP contribution in [0, 0.1) is 0 Å². The van der Waals surface area contributed by atoms with Crippen LogP contribution < -0.4 is 15.3 Å². The van der Waals surface area contributed by atoms with Crippen LogP contribution in [0.3, 0.4) is 0 Å². The third kappa shape index (κ3) is 4.81. The molecule has 0 unspecified atom stereocenters. The van der Waals surface area contributed by atoms with Gasteiger partial charge in [0.25, 0.3) is 8.32 Å². The minimum atomic E-state index is -2.50. The molecule has 0 spiro atoms. The van der Waals surface area contributed by atoms with E-state index < -0.39 is 8.32 Å². The first kappa shape index (κ1) is 25.0.